The van der Waals surface area contributed by atoms with E-state index in [0.29, 0.717) is 25.6 Å². The highest BCUT2D eigenvalue weighted by molar-refractivity contribution is 5.61. The van der Waals surface area contributed by atoms with Crippen LogP contribution in [-0.2, 0) is 16.0 Å². The van der Waals surface area contributed by atoms with E-state index in [4.69, 9.17) is 15.2 Å². The van der Waals surface area contributed by atoms with Gasteiger partial charge in [-0.1, -0.05) is 30.3 Å². The normalized spacial score (nSPS) is 11.2. The van der Waals surface area contributed by atoms with Gasteiger partial charge in [-0.25, -0.2) is 4.68 Å². The van der Waals surface area contributed by atoms with Gasteiger partial charge in [-0.2, -0.15) is 5.10 Å². The van der Waals surface area contributed by atoms with Crippen molar-refractivity contribution in [2.24, 2.45) is 0 Å². The molecule has 0 radical (unpaired) electrons. The summed E-state index contributed by atoms with van der Waals surface area (Å²) in [5.74, 6) is 0.605. The summed E-state index contributed by atoms with van der Waals surface area (Å²) in [6, 6.07) is 11.8. The predicted octanol–water partition coefficient (Wildman–Crippen LogP) is 2.53. The van der Waals surface area contributed by atoms with E-state index in [1.54, 1.807) is 4.68 Å². The van der Waals surface area contributed by atoms with E-state index >= 15 is 0 Å². The number of rotatable bonds is 7. The Labute approximate surface area is 119 Å². The highest BCUT2D eigenvalue weighted by Crippen LogP contribution is 2.20. The third-order valence-corrected chi connectivity index (χ3v) is 2.91. The second-order valence-corrected chi connectivity index (χ2v) is 4.34. The lowest BCUT2D eigenvalue weighted by Gasteiger charge is -2.17. The van der Waals surface area contributed by atoms with Gasteiger partial charge in [-0.05, 0) is 13.8 Å². The summed E-state index contributed by atoms with van der Waals surface area (Å²) in [6.07, 6.45) is -0.323. The Balaban J connectivity index is 2.15. The van der Waals surface area contributed by atoms with Crippen LogP contribution in [0.1, 0.15) is 13.8 Å². The number of benzene rings is 1. The Morgan fingerprint density at radius 3 is 2.40 bits per heavy atom. The highest BCUT2D eigenvalue weighted by atomic mass is 16.7. The van der Waals surface area contributed by atoms with Crippen molar-refractivity contribution in [3.63, 3.8) is 0 Å². The molecule has 1 aromatic heterocycles. The van der Waals surface area contributed by atoms with Gasteiger partial charge in [-0.15, -0.1) is 0 Å². The molecule has 0 fully saturated rings. The third kappa shape index (κ3) is 3.59. The number of nitrogens with two attached hydrogens (primary N) is 1. The molecule has 0 spiro atoms. The lowest BCUT2D eigenvalue weighted by Crippen LogP contribution is -2.25. The summed E-state index contributed by atoms with van der Waals surface area (Å²) in [5.41, 5.74) is 7.91. The second-order valence-electron chi connectivity index (χ2n) is 4.34. The molecule has 0 aliphatic carbocycles. The molecule has 0 amide bonds. The van der Waals surface area contributed by atoms with Crippen LogP contribution in [0.25, 0.3) is 11.3 Å². The van der Waals surface area contributed by atoms with Crippen LogP contribution in [-0.4, -0.2) is 29.3 Å². The monoisotopic (exact) mass is 275 g/mol. The quantitative estimate of drug-likeness (QED) is 0.789. The maximum absolute atomic E-state index is 6.01. The SMILES string of the molecule is CCOC(Cn1nc(-c2ccccc2)cc1N)OCC. The molecule has 0 aliphatic rings. The minimum Gasteiger partial charge on any atom is -0.384 e. The fraction of sp³-hybridized carbons (Fsp3) is 0.400. The van der Waals surface area contributed by atoms with Crippen LogP contribution in [0.2, 0.25) is 0 Å². The Bertz CT molecular complexity index is 519. The van der Waals surface area contributed by atoms with Crippen molar-refractivity contribution in [2.75, 3.05) is 18.9 Å². The molecule has 0 bridgehead atoms. The van der Waals surface area contributed by atoms with Crippen molar-refractivity contribution < 1.29 is 9.47 Å². The summed E-state index contributed by atoms with van der Waals surface area (Å²) in [6.45, 7) is 5.55. The Kier molecular flexibility index (Phi) is 5.15. The fourth-order valence-electron chi connectivity index (χ4n) is 1.99. The molecule has 2 N–H and O–H groups in total. The van der Waals surface area contributed by atoms with Gasteiger partial charge in [0.15, 0.2) is 6.29 Å². The highest BCUT2D eigenvalue weighted by Gasteiger charge is 2.13. The van der Waals surface area contributed by atoms with Crippen molar-refractivity contribution >= 4 is 5.82 Å². The van der Waals surface area contributed by atoms with Crippen LogP contribution < -0.4 is 5.73 Å². The first kappa shape index (κ1) is 14.6. The van der Waals surface area contributed by atoms with Gasteiger partial charge in [-0.3, -0.25) is 0 Å². The first-order valence-electron chi connectivity index (χ1n) is 6.86. The Hall–Kier alpha value is -1.85. The average Bonchev–Trinajstić information content (AvgIpc) is 2.82. The second kappa shape index (κ2) is 7.07. The molecule has 2 aromatic rings. The molecule has 0 aliphatic heterocycles. The van der Waals surface area contributed by atoms with E-state index in [1.807, 2.05) is 50.2 Å². The maximum atomic E-state index is 6.01. The standard InChI is InChI=1S/C15H21N3O2/c1-3-19-15(20-4-2)11-18-14(16)10-13(17-18)12-8-6-5-7-9-12/h5-10,15H,3-4,11,16H2,1-2H3. The number of hydrogen-bond acceptors (Lipinski definition) is 4. The van der Waals surface area contributed by atoms with E-state index in [-0.39, 0.29) is 6.29 Å². The van der Waals surface area contributed by atoms with E-state index in [1.165, 1.54) is 0 Å². The van der Waals surface area contributed by atoms with Gasteiger partial charge in [0.1, 0.15) is 5.82 Å². The topological polar surface area (TPSA) is 62.3 Å². The van der Waals surface area contributed by atoms with Gasteiger partial charge in [0, 0.05) is 24.8 Å². The Morgan fingerprint density at radius 1 is 1.15 bits per heavy atom. The fourth-order valence-corrected chi connectivity index (χ4v) is 1.99. The van der Waals surface area contributed by atoms with Crippen molar-refractivity contribution in [1.29, 1.82) is 0 Å². The molecular weight excluding hydrogens is 254 g/mol. The number of hydrogen-bond donors (Lipinski definition) is 1. The maximum Gasteiger partial charge on any atom is 0.177 e. The molecule has 2 rings (SSSR count). The predicted molar refractivity (Wildman–Crippen MR) is 79.1 cm³/mol. The molecule has 20 heavy (non-hydrogen) atoms. The zero-order valence-electron chi connectivity index (χ0n) is 12.0. The molecule has 1 aromatic carbocycles. The van der Waals surface area contributed by atoms with Gasteiger partial charge in [0.25, 0.3) is 0 Å². The van der Waals surface area contributed by atoms with E-state index < -0.39 is 0 Å². The van der Waals surface area contributed by atoms with Gasteiger partial charge in [0.2, 0.25) is 0 Å². The van der Waals surface area contributed by atoms with Crippen LogP contribution in [0.15, 0.2) is 36.4 Å². The van der Waals surface area contributed by atoms with E-state index in [2.05, 4.69) is 5.10 Å². The minimum absolute atomic E-state index is 0.323. The molecular formula is C15H21N3O2. The van der Waals surface area contributed by atoms with Gasteiger partial charge < -0.3 is 15.2 Å². The van der Waals surface area contributed by atoms with Crippen molar-refractivity contribution in [1.82, 2.24) is 9.78 Å². The number of nitrogen functional groups attached to an aromatic ring is 1. The number of nitrogens with zero attached hydrogens (tertiary/aromatic N) is 2. The third-order valence-electron chi connectivity index (χ3n) is 2.91. The largest absolute Gasteiger partial charge is 0.384 e. The molecule has 0 saturated heterocycles. The lowest BCUT2D eigenvalue weighted by atomic mass is 10.2. The summed E-state index contributed by atoms with van der Waals surface area (Å²) in [7, 11) is 0. The van der Waals surface area contributed by atoms with Crippen molar-refractivity contribution in [2.45, 2.75) is 26.7 Å². The number of aromatic nitrogens is 2. The molecule has 5 heteroatoms. The summed E-state index contributed by atoms with van der Waals surface area (Å²) in [5, 5.41) is 4.52. The van der Waals surface area contributed by atoms with Crippen LogP contribution in [0.5, 0.6) is 0 Å². The molecule has 5 nitrogen and oxygen atoms in total. The molecule has 1 heterocycles. The summed E-state index contributed by atoms with van der Waals surface area (Å²) < 4.78 is 12.8. The molecule has 0 saturated carbocycles. The van der Waals surface area contributed by atoms with Crippen LogP contribution >= 0.6 is 0 Å². The summed E-state index contributed by atoms with van der Waals surface area (Å²) in [4.78, 5) is 0. The van der Waals surface area contributed by atoms with E-state index in [0.717, 1.165) is 11.3 Å². The number of ether oxygens (including phenoxy) is 2. The zero-order valence-corrected chi connectivity index (χ0v) is 12.0. The van der Waals surface area contributed by atoms with Crippen molar-refractivity contribution in [3.05, 3.63) is 36.4 Å². The zero-order chi connectivity index (χ0) is 14.4. The summed E-state index contributed by atoms with van der Waals surface area (Å²) >= 11 is 0. The molecule has 0 unspecified atom stereocenters. The molecule has 108 valence electrons. The molecule has 0 atom stereocenters. The smallest absolute Gasteiger partial charge is 0.177 e. The average molecular weight is 275 g/mol. The Morgan fingerprint density at radius 2 is 1.80 bits per heavy atom. The first-order chi connectivity index (χ1) is 9.74. The van der Waals surface area contributed by atoms with Gasteiger partial charge >= 0.3 is 0 Å². The van der Waals surface area contributed by atoms with Gasteiger partial charge in [0.05, 0.1) is 12.2 Å². The lowest BCUT2D eigenvalue weighted by molar-refractivity contribution is -0.144. The van der Waals surface area contributed by atoms with Crippen molar-refractivity contribution in [3.8, 4) is 11.3 Å². The van der Waals surface area contributed by atoms with E-state index in [9.17, 15) is 0 Å². The van der Waals surface area contributed by atoms with Crippen LogP contribution in [0.3, 0.4) is 0 Å². The van der Waals surface area contributed by atoms with Crippen LogP contribution in [0.4, 0.5) is 5.82 Å². The van der Waals surface area contributed by atoms with Crippen LogP contribution in [0, 0.1) is 0 Å². The minimum atomic E-state index is -0.323. The first-order valence-corrected chi connectivity index (χ1v) is 6.86. The number of anilines is 1.